The van der Waals surface area contributed by atoms with Gasteiger partial charge < -0.3 is 25.0 Å². The number of carbonyl (C=O) groups is 2. The van der Waals surface area contributed by atoms with Gasteiger partial charge in [0.15, 0.2) is 0 Å². The van der Waals surface area contributed by atoms with Gasteiger partial charge >= 0.3 is 11.8 Å². The molecule has 1 atom stereocenters. The summed E-state index contributed by atoms with van der Waals surface area (Å²) in [5, 5.41) is 5.53. The van der Waals surface area contributed by atoms with Crippen LogP contribution in [-0.2, 0) is 20.7 Å². The highest BCUT2D eigenvalue weighted by molar-refractivity contribution is 6.39. The zero-order valence-electron chi connectivity index (χ0n) is 20.2. The molecule has 8 heteroatoms. The molecular formula is C26H34N4O4. The Morgan fingerprint density at radius 3 is 2.65 bits per heavy atom. The fraction of sp³-hybridized carbons (Fsp3) is 0.462. The maximum Gasteiger partial charge on any atom is 0.313 e. The van der Waals surface area contributed by atoms with Crippen molar-refractivity contribution in [3.8, 4) is 5.75 Å². The molecule has 2 heterocycles. The van der Waals surface area contributed by atoms with Crippen LogP contribution in [0.3, 0.4) is 0 Å². The molecule has 1 saturated heterocycles. The first-order chi connectivity index (χ1) is 16.5. The SMILES string of the molecule is COc1ccc(C)cc1NC(=O)C(=O)NCC(c1ccc2c(c1)CCCN2C)N1CCOCC1. The Bertz CT molecular complexity index is 1040. The Labute approximate surface area is 201 Å². The van der Waals surface area contributed by atoms with E-state index in [4.69, 9.17) is 9.47 Å². The summed E-state index contributed by atoms with van der Waals surface area (Å²) < 4.78 is 10.8. The lowest BCUT2D eigenvalue weighted by Crippen LogP contribution is -2.45. The number of amides is 2. The van der Waals surface area contributed by atoms with Crippen LogP contribution in [-0.4, -0.2) is 70.3 Å². The van der Waals surface area contributed by atoms with Crippen molar-refractivity contribution in [2.24, 2.45) is 0 Å². The van der Waals surface area contributed by atoms with Gasteiger partial charge in [-0.05, 0) is 54.7 Å². The van der Waals surface area contributed by atoms with Crippen LogP contribution < -0.4 is 20.3 Å². The van der Waals surface area contributed by atoms with Crippen molar-refractivity contribution >= 4 is 23.2 Å². The molecule has 2 aliphatic heterocycles. The molecule has 2 aliphatic rings. The van der Waals surface area contributed by atoms with Gasteiger partial charge in [-0.3, -0.25) is 14.5 Å². The summed E-state index contributed by atoms with van der Waals surface area (Å²) >= 11 is 0. The third-order valence-corrected chi connectivity index (χ3v) is 6.59. The monoisotopic (exact) mass is 466 g/mol. The molecule has 1 unspecified atom stereocenters. The van der Waals surface area contributed by atoms with Crippen molar-refractivity contribution in [1.29, 1.82) is 0 Å². The number of nitrogens with one attached hydrogen (secondary N) is 2. The molecule has 4 rings (SSSR count). The molecule has 0 radical (unpaired) electrons. The molecule has 0 bridgehead atoms. The van der Waals surface area contributed by atoms with E-state index in [1.165, 1.54) is 18.4 Å². The number of methoxy groups -OCH3 is 1. The zero-order valence-corrected chi connectivity index (χ0v) is 20.2. The number of anilines is 2. The topological polar surface area (TPSA) is 83.1 Å². The number of aryl methyl sites for hydroxylation is 2. The predicted octanol–water partition coefficient (Wildman–Crippen LogP) is 2.51. The van der Waals surface area contributed by atoms with Crippen LogP contribution in [0.4, 0.5) is 11.4 Å². The maximum atomic E-state index is 12.7. The van der Waals surface area contributed by atoms with Crippen LogP contribution >= 0.6 is 0 Å². The standard InChI is InChI=1S/C26H34N4O4/c1-18-6-9-24(33-3)21(15-18)28-26(32)25(31)27-17-23(30-11-13-34-14-12-30)20-7-8-22-19(16-20)5-4-10-29(22)2/h6-9,15-16,23H,4-5,10-14,17H2,1-3H3,(H,27,31)(H,28,32). The maximum absolute atomic E-state index is 12.7. The van der Waals surface area contributed by atoms with Crippen LogP contribution in [0.1, 0.15) is 29.2 Å². The highest BCUT2D eigenvalue weighted by Gasteiger charge is 2.26. The third kappa shape index (κ3) is 5.51. The minimum Gasteiger partial charge on any atom is -0.495 e. The molecule has 182 valence electrons. The molecule has 2 aromatic rings. The normalized spacial score (nSPS) is 17.0. The summed E-state index contributed by atoms with van der Waals surface area (Å²) in [5.74, 6) is -0.867. The van der Waals surface area contributed by atoms with Crippen LogP contribution in [0.15, 0.2) is 36.4 Å². The molecule has 0 aromatic heterocycles. The number of hydrogen-bond acceptors (Lipinski definition) is 6. The van der Waals surface area contributed by atoms with E-state index >= 15 is 0 Å². The molecule has 0 spiro atoms. The Hall–Kier alpha value is -3.10. The fourth-order valence-electron chi connectivity index (χ4n) is 4.73. The minimum absolute atomic E-state index is 0.0355. The van der Waals surface area contributed by atoms with Gasteiger partial charge in [0.2, 0.25) is 0 Å². The van der Waals surface area contributed by atoms with Gasteiger partial charge in [0, 0.05) is 38.9 Å². The molecule has 2 aromatic carbocycles. The second-order valence-corrected chi connectivity index (χ2v) is 8.95. The number of rotatable bonds is 6. The molecule has 2 N–H and O–H groups in total. The van der Waals surface area contributed by atoms with Gasteiger partial charge in [-0.2, -0.15) is 0 Å². The molecule has 0 saturated carbocycles. The van der Waals surface area contributed by atoms with Gasteiger partial charge in [0.1, 0.15) is 5.75 Å². The molecular weight excluding hydrogens is 432 g/mol. The Kier molecular flexibility index (Phi) is 7.70. The molecule has 1 fully saturated rings. The summed E-state index contributed by atoms with van der Waals surface area (Å²) in [6, 6.07) is 12.0. The molecule has 0 aliphatic carbocycles. The predicted molar refractivity (Wildman–Crippen MR) is 133 cm³/mol. The smallest absolute Gasteiger partial charge is 0.313 e. The second kappa shape index (κ2) is 10.9. The lowest BCUT2D eigenvalue weighted by molar-refractivity contribution is -0.136. The fourth-order valence-corrected chi connectivity index (χ4v) is 4.73. The van der Waals surface area contributed by atoms with Gasteiger partial charge in [-0.1, -0.05) is 18.2 Å². The molecule has 2 amide bonds. The number of ether oxygens (including phenoxy) is 2. The summed E-state index contributed by atoms with van der Waals surface area (Å²) in [7, 11) is 3.66. The van der Waals surface area contributed by atoms with E-state index in [-0.39, 0.29) is 6.04 Å². The highest BCUT2D eigenvalue weighted by Crippen LogP contribution is 2.31. The van der Waals surface area contributed by atoms with Crippen molar-refractivity contribution in [2.45, 2.75) is 25.8 Å². The van der Waals surface area contributed by atoms with E-state index in [0.29, 0.717) is 31.2 Å². The quantitative estimate of drug-likeness (QED) is 0.637. The first kappa shape index (κ1) is 24.0. The van der Waals surface area contributed by atoms with Gasteiger partial charge in [0.05, 0.1) is 32.1 Å². The van der Waals surface area contributed by atoms with Gasteiger partial charge in [-0.25, -0.2) is 0 Å². The average molecular weight is 467 g/mol. The van der Waals surface area contributed by atoms with E-state index in [2.05, 4.69) is 45.7 Å². The van der Waals surface area contributed by atoms with E-state index in [1.807, 2.05) is 13.0 Å². The minimum atomic E-state index is -0.711. The first-order valence-corrected chi connectivity index (χ1v) is 11.9. The van der Waals surface area contributed by atoms with Crippen LogP contribution in [0.5, 0.6) is 5.75 Å². The first-order valence-electron chi connectivity index (χ1n) is 11.9. The average Bonchev–Trinajstić information content (AvgIpc) is 2.85. The van der Waals surface area contributed by atoms with E-state index in [0.717, 1.165) is 43.6 Å². The van der Waals surface area contributed by atoms with E-state index < -0.39 is 11.8 Å². The summed E-state index contributed by atoms with van der Waals surface area (Å²) in [6.07, 6.45) is 2.19. The summed E-state index contributed by atoms with van der Waals surface area (Å²) in [6.45, 7) is 6.20. The summed E-state index contributed by atoms with van der Waals surface area (Å²) in [4.78, 5) is 29.9. The van der Waals surface area contributed by atoms with E-state index in [9.17, 15) is 9.59 Å². The van der Waals surface area contributed by atoms with Crippen molar-refractivity contribution in [2.75, 3.05) is 63.8 Å². The number of nitrogens with zero attached hydrogens (tertiary/aromatic N) is 2. The van der Waals surface area contributed by atoms with Gasteiger partial charge in [-0.15, -0.1) is 0 Å². The van der Waals surface area contributed by atoms with Gasteiger partial charge in [0.25, 0.3) is 0 Å². The number of carbonyl (C=O) groups excluding carboxylic acids is 2. The highest BCUT2D eigenvalue weighted by atomic mass is 16.5. The molecule has 8 nitrogen and oxygen atoms in total. The lowest BCUT2D eigenvalue weighted by atomic mass is 9.95. The van der Waals surface area contributed by atoms with Crippen molar-refractivity contribution in [3.05, 3.63) is 53.1 Å². The molecule has 34 heavy (non-hydrogen) atoms. The number of morpholine rings is 1. The van der Waals surface area contributed by atoms with E-state index in [1.54, 1.807) is 12.1 Å². The Morgan fingerprint density at radius 1 is 1.09 bits per heavy atom. The number of fused-ring (bicyclic) bond motifs is 1. The third-order valence-electron chi connectivity index (χ3n) is 6.59. The van der Waals surface area contributed by atoms with Crippen molar-refractivity contribution in [1.82, 2.24) is 10.2 Å². The van der Waals surface area contributed by atoms with Crippen molar-refractivity contribution < 1.29 is 19.1 Å². The zero-order chi connectivity index (χ0) is 24.1. The second-order valence-electron chi connectivity index (χ2n) is 8.95. The van der Waals surface area contributed by atoms with Crippen LogP contribution in [0.25, 0.3) is 0 Å². The largest absolute Gasteiger partial charge is 0.495 e. The Morgan fingerprint density at radius 2 is 1.88 bits per heavy atom. The number of benzene rings is 2. The summed E-state index contributed by atoms with van der Waals surface area (Å²) in [5.41, 5.74) is 5.19. The Balaban J connectivity index is 1.47. The van der Waals surface area contributed by atoms with Crippen molar-refractivity contribution in [3.63, 3.8) is 0 Å². The number of hydrogen-bond donors (Lipinski definition) is 2. The lowest BCUT2D eigenvalue weighted by Gasteiger charge is -2.36. The van der Waals surface area contributed by atoms with Crippen LogP contribution in [0.2, 0.25) is 0 Å². The van der Waals surface area contributed by atoms with Crippen LogP contribution in [0, 0.1) is 6.92 Å².